The Labute approximate surface area is 171 Å². The van der Waals surface area contributed by atoms with Crippen LogP contribution < -0.4 is 4.90 Å². The molecule has 1 amide bonds. The number of ether oxygens (including phenoxy) is 1. The first-order valence-electron chi connectivity index (χ1n) is 8.81. The number of anilines is 1. The minimum Gasteiger partial charge on any atom is -0.451 e. The van der Waals surface area contributed by atoms with Crippen molar-refractivity contribution in [3.63, 3.8) is 0 Å². The first-order valence-corrected chi connectivity index (χ1v) is 10.1. The van der Waals surface area contributed by atoms with Gasteiger partial charge in [-0.15, -0.1) is 11.3 Å². The van der Waals surface area contributed by atoms with E-state index in [0.29, 0.717) is 10.0 Å². The summed E-state index contributed by atoms with van der Waals surface area (Å²) in [6.07, 6.45) is 0.797. The molecule has 4 rings (SSSR count). The van der Waals surface area contributed by atoms with Gasteiger partial charge in [-0.1, -0.05) is 41.9 Å². The lowest BCUT2D eigenvalue weighted by Crippen LogP contribution is -2.38. The minimum atomic E-state index is -0.613. The Morgan fingerprint density at radius 3 is 2.89 bits per heavy atom. The van der Waals surface area contributed by atoms with E-state index in [0.717, 1.165) is 23.2 Å². The number of carbonyl (C=O) groups is 2. The molecule has 0 unspecified atom stereocenters. The summed E-state index contributed by atoms with van der Waals surface area (Å²) in [6, 6.07) is 15.1. The average Bonchev–Trinajstić information content (AvgIpc) is 3.30. The predicted octanol–water partition coefficient (Wildman–Crippen LogP) is 4.60. The molecule has 0 saturated heterocycles. The number of para-hydroxylation sites is 1. The van der Waals surface area contributed by atoms with Crippen LogP contribution in [0, 0.1) is 0 Å². The first kappa shape index (κ1) is 18.7. The summed E-state index contributed by atoms with van der Waals surface area (Å²) in [5.41, 5.74) is 3.02. The van der Waals surface area contributed by atoms with Crippen LogP contribution in [0.3, 0.4) is 0 Å². The summed E-state index contributed by atoms with van der Waals surface area (Å²) in [7, 11) is 0. The van der Waals surface area contributed by atoms with Crippen LogP contribution in [-0.2, 0) is 16.0 Å². The second kappa shape index (κ2) is 7.73. The minimum absolute atomic E-state index is 0.0392. The first-order chi connectivity index (χ1) is 13.5. The van der Waals surface area contributed by atoms with E-state index >= 15 is 0 Å². The van der Waals surface area contributed by atoms with Crippen LogP contribution in [0.1, 0.15) is 23.0 Å². The molecule has 0 aliphatic carbocycles. The largest absolute Gasteiger partial charge is 0.451 e. The summed E-state index contributed by atoms with van der Waals surface area (Å²) >= 11 is 7.33. The van der Waals surface area contributed by atoms with Crippen LogP contribution in [0.15, 0.2) is 53.9 Å². The smallest absolute Gasteiger partial charge is 0.358 e. The number of benzene rings is 2. The molecule has 0 spiro atoms. The van der Waals surface area contributed by atoms with E-state index < -0.39 is 5.97 Å². The molecule has 1 atom stereocenters. The van der Waals surface area contributed by atoms with Gasteiger partial charge in [0, 0.05) is 27.7 Å². The second-order valence-corrected chi connectivity index (χ2v) is 7.86. The summed E-state index contributed by atoms with van der Waals surface area (Å²) < 4.78 is 5.23. The van der Waals surface area contributed by atoms with Crippen molar-refractivity contribution in [1.29, 1.82) is 0 Å². The van der Waals surface area contributed by atoms with Gasteiger partial charge in [-0.25, -0.2) is 9.78 Å². The van der Waals surface area contributed by atoms with E-state index in [9.17, 15) is 9.59 Å². The Hall–Kier alpha value is -2.70. The summed E-state index contributed by atoms with van der Waals surface area (Å²) in [4.78, 5) is 31.0. The van der Waals surface area contributed by atoms with Crippen molar-refractivity contribution in [2.45, 2.75) is 19.4 Å². The third kappa shape index (κ3) is 3.66. The van der Waals surface area contributed by atoms with Crippen LogP contribution in [0.25, 0.3) is 10.6 Å². The van der Waals surface area contributed by atoms with Gasteiger partial charge in [0.25, 0.3) is 5.91 Å². The van der Waals surface area contributed by atoms with Crippen LogP contribution in [0.5, 0.6) is 0 Å². The maximum absolute atomic E-state index is 12.6. The number of hydrogen-bond donors (Lipinski definition) is 0. The van der Waals surface area contributed by atoms with E-state index in [2.05, 4.69) is 4.98 Å². The summed E-state index contributed by atoms with van der Waals surface area (Å²) in [5.74, 6) is -0.853. The zero-order chi connectivity index (χ0) is 19.7. The Kier molecular flexibility index (Phi) is 5.15. The summed E-state index contributed by atoms with van der Waals surface area (Å²) in [5, 5.41) is 2.89. The average molecular weight is 413 g/mol. The molecule has 3 aromatic rings. The van der Waals surface area contributed by atoms with Crippen LogP contribution >= 0.6 is 22.9 Å². The van der Waals surface area contributed by atoms with E-state index in [1.807, 2.05) is 43.3 Å². The van der Waals surface area contributed by atoms with E-state index in [1.54, 1.807) is 22.4 Å². The highest BCUT2D eigenvalue weighted by Crippen LogP contribution is 2.32. The van der Waals surface area contributed by atoms with Gasteiger partial charge in [0.2, 0.25) is 0 Å². The molecule has 7 heteroatoms. The summed E-state index contributed by atoms with van der Waals surface area (Å²) in [6.45, 7) is 1.67. The van der Waals surface area contributed by atoms with Crippen molar-refractivity contribution in [1.82, 2.24) is 4.98 Å². The standard InChI is InChI=1S/C21H17ClN2O3S/c1-13-9-14-5-2-3-8-18(14)24(13)19(25)11-27-21(26)17-12-28-20(23-17)15-6-4-7-16(22)10-15/h2-8,10,12-13H,9,11H2,1H3/t13-/m1/s1. The van der Waals surface area contributed by atoms with Crippen molar-refractivity contribution in [2.75, 3.05) is 11.5 Å². The SMILES string of the molecule is C[C@@H]1Cc2ccccc2N1C(=O)COC(=O)c1csc(-c2cccc(Cl)c2)n1. The van der Waals surface area contributed by atoms with E-state index in [-0.39, 0.29) is 24.2 Å². The molecule has 142 valence electrons. The fraction of sp³-hybridized carbons (Fsp3) is 0.190. The fourth-order valence-corrected chi connectivity index (χ4v) is 4.31. The van der Waals surface area contributed by atoms with Crippen LogP contribution in [-0.4, -0.2) is 29.5 Å². The number of thiazole rings is 1. The highest BCUT2D eigenvalue weighted by Gasteiger charge is 2.31. The maximum Gasteiger partial charge on any atom is 0.358 e. The number of halogens is 1. The molecule has 2 aromatic carbocycles. The number of esters is 1. The molecule has 0 saturated carbocycles. The molecule has 5 nitrogen and oxygen atoms in total. The Balaban J connectivity index is 1.42. The Morgan fingerprint density at radius 2 is 2.07 bits per heavy atom. The zero-order valence-electron chi connectivity index (χ0n) is 15.1. The number of aromatic nitrogens is 1. The van der Waals surface area contributed by atoms with Gasteiger partial charge in [-0.2, -0.15) is 0 Å². The molecule has 0 radical (unpaired) electrons. The number of fused-ring (bicyclic) bond motifs is 1. The van der Waals surface area contributed by atoms with Gasteiger partial charge in [-0.3, -0.25) is 4.79 Å². The van der Waals surface area contributed by atoms with Gasteiger partial charge < -0.3 is 9.64 Å². The molecule has 0 fully saturated rings. The Bertz CT molecular complexity index is 1050. The van der Waals surface area contributed by atoms with Gasteiger partial charge >= 0.3 is 5.97 Å². The molecular weight excluding hydrogens is 396 g/mol. The lowest BCUT2D eigenvalue weighted by molar-refractivity contribution is -0.122. The Morgan fingerprint density at radius 1 is 1.25 bits per heavy atom. The quantitative estimate of drug-likeness (QED) is 0.587. The molecule has 2 heterocycles. The molecule has 1 aliphatic rings. The molecule has 1 aromatic heterocycles. The van der Waals surface area contributed by atoms with Gasteiger partial charge in [0.05, 0.1) is 0 Å². The van der Waals surface area contributed by atoms with E-state index in [4.69, 9.17) is 16.3 Å². The number of carbonyl (C=O) groups excluding carboxylic acids is 2. The van der Waals surface area contributed by atoms with Gasteiger partial charge in [0.1, 0.15) is 5.01 Å². The van der Waals surface area contributed by atoms with Crippen molar-refractivity contribution in [2.24, 2.45) is 0 Å². The van der Waals surface area contributed by atoms with Gasteiger partial charge in [0.15, 0.2) is 12.3 Å². The van der Waals surface area contributed by atoms with Crippen molar-refractivity contribution in [3.05, 3.63) is 70.2 Å². The molecule has 1 aliphatic heterocycles. The highest BCUT2D eigenvalue weighted by atomic mass is 35.5. The predicted molar refractivity (Wildman–Crippen MR) is 110 cm³/mol. The molecule has 0 bridgehead atoms. The number of amides is 1. The van der Waals surface area contributed by atoms with Crippen molar-refractivity contribution < 1.29 is 14.3 Å². The number of hydrogen-bond acceptors (Lipinski definition) is 5. The fourth-order valence-electron chi connectivity index (χ4n) is 3.34. The van der Waals surface area contributed by atoms with Gasteiger partial charge in [-0.05, 0) is 37.1 Å². The van der Waals surface area contributed by atoms with Crippen molar-refractivity contribution >= 4 is 40.5 Å². The third-order valence-corrected chi connectivity index (χ3v) is 5.71. The molecule has 28 heavy (non-hydrogen) atoms. The highest BCUT2D eigenvalue weighted by molar-refractivity contribution is 7.13. The van der Waals surface area contributed by atoms with E-state index in [1.165, 1.54) is 11.3 Å². The molecule has 0 N–H and O–H groups in total. The number of nitrogens with zero attached hydrogens (tertiary/aromatic N) is 2. The monoisotopic (exact) mass is 412 g/mol. The topological polar surface area (TPSA) is 59.5 Å². The second-order valence-electron chi connectivity index (χ2n) is 6.57. The lowest BCUT2D eigenvalue weighted by Gasteiger charge is -2.22. The normalized spacial score (nSPS) is 15.4. The zero-order valence-corrected chi connectivity index (χ0v) is 16.7. The maximum atomic E-state index is 12.6. The number of rotatable bonds is 4. The van der Waals surface area contributed by atoms with Crippen LogP contribution in [0.2, 0.25) is 5.02 Å². The van der Waals surface area contributed by atoms with Crippen LogP contribution in [0.4, 0.5) is 5.69 Å². The lowest BCUT2D eigenvalue weighted by atomic mass is 10.1. The third-order valence-electron chi connectivity index (χ3n) is 4.59. The molecular formula is C21H17ClN2O3S. The van der Waals surface area contributed by atoms with Crippen molar-refractivity contribution in [3.8, 4) is 10.6 Å².